The number of benzene rings is 2. The molecule has 1 unspecified atom stereocenters. The van der Waals surface area contributed by atoms with Crippen molar-refractivity contribution in [3.05, 3.63) is 85.0 Å². The SMILES string of the molecule is Cc1ccccc1-c1ccc(Cl)c(C(=O)N2CCCC(O)(c3cn(Cc4nc(Br)sc4C)nn3)CC2)c1. The van der Waals surface area contributed by atoms with E-state index in [1.165, 1.54) is 0 Å². The molecule has 192 valence electrons. The van der Waals surface area contributed by atoms with Gasteiger partial charge in [-0.05, 0) is 77.9 Å². The molecule has 0 bridgehead atoms. The summed E-state index contributed by atoms with van der Waals surface area (Å²) in [5.41, 5.74) is 3.92. The Hall–Kier alpha value is -2.59. The van der Waals surface area contributed by atoms with Gasteiger partial charge in [0.25, 0.3) is 5.91 Å². The molecule has 7 nitrogen and oxygen atoms in total. The molecule has 2 aromatic heterocycles. The molecule has 1 aliphatic heterocycles. The van der Waals surface area contributed by atoms with Crippen molar-refractivity contribution in [1.29, 1.82) is 0 Å². The first kappa shape index (κ1) is 26.0. The summed E-state index contributed by atoms with van der Waals surface area (Å²) in [6.07, 6.45) is 3.29. The van der Waals surface area contributed by atoms with Gasteiger partial charge in [0.1, 0.15) is 11.3 Å². The molecule has 1 amide bonds. The second-order valence-electron chi connectivity index (χ2n) is 9.46. The van der Waals surface area contributed by atoms with Gasteiger partial charge in [-0.2, -0.15) is 0 Å². The topological polar surface area (TPSA) is 84.1 Å². The van der Waals surface area contributed by atoms with Gasteiger partial charge in [-0.3, -0.25) is 4.79 Å². The van der Waals surface area contributed by atoms with Crippen LogP contribution in [0.1, 0.15) is 51.4 Å². The maximum Gasteiger partial charge on any atom is 0.255 e. The van der Waals surface area contributed by atoms with Crippen molar-refractivity contribution in [2.45, 2.75) is 45.3 Å². The van der Waals surface area contributed by atoms with Crippen LogP contribution in [0.4, 0.5) is 0 Å². The van der Waals surface area contributed by atoms with E-state index in [2.05, 4.69) is 31.2 Å². The third kappa shape index (κ3) is 5.50. The molecule has 0 saturated carbocycles. The number of aryl methyl sites for hydroxylation is 2. The standard InChI is InChI=1S/C27H27BrClN5O2S/c1-17-6-3-4-7-20(17)19-8-9-22(29)21(14-19)25(35)33-12-5-10-27(36,11-13-33)24-16-34(32-31-24)15-23-18(2)37-26(28)30-23/h3-4,6-9,14,16,36H,5,10-13,15H2,1-2H3. The van der Waals surface area contributed by atoms with E-state index in [0.717, 1.165) is 31.2 Å². The van der Waals surface area contributed by atoms with Crippen LogP contribution < -0.4 is 0 Å². The third-order valence-corrected chi connectivity index (χ3v) is 8.74. The van der Waals surface area contributed by atoms with Gasteiger partial charge in [-0.1, -0.05) is 47.1 Å². The lowest BCUT2D eigenvalue weighted by atomic mass is 9.92. The smallest absolute Gasteiger partial charge is 0.255 e. The number of amides is 1. The van der Waals surface area contributed by atoms with Gasteiger partial charge in [-0.15, -0.1) is 16.4 Å². The fourth-order valence-corrected chi connectivity index (χ4v) is 6.56. The monoisotopic (exact) mass is 599 g/mol. The second-order valence-corrected chi connectivity index (χ2v) is 12.3. The normalized spacial score (nSPS) is 18.1. The van der Waals surface area contributed by atoms with Gasteiger partial charge in [0.05, 0.1) is 29.0 Å². The zero-order valence-corrected chi connectivity index (χ0v) is 23.8. The minimum Gasteiger partial charge on any atom is -0.383 e. The van der Waals surface area contributed by atoms with E-state index in [4.69, 9.17) is 11.6 Å². The van der Waals surface area contributed by atoms with Gasteiger partial charge in [0.15, 0.2) is 3.92 Å². The van der Waals surface area contributed by atoms with Gasteiger partial charge < -0.3 is 10.0 Å². The van der Waals surface area contributed by atoms with Gasteiger partial charge in [0.2, 0.25) is 0 Å². The van der Waals surface area contributed by atoms with E-state index in [0.29, 0.717) is 55.2 Å². The number of aromatic nitrogens is 4. The number of aliphatic hydroxyl groups is 1. The fourth-order valence-electron chi connectivity index (χ4n) is 4.78. The van der Waals surface area contributed by atoms with Crippen molar-refractivity contribution in [2.24, 2.45) is 0 Å². The van der Waals surface area contributed by atoms with Crippen LogP contribution in [-0.2, 0) is 12.1 Å². The zero-order valence-electron chi connectivity index (χ0n) is 20.6. The molecule has 2 aromatic carbocycles. The Morgan fingerprint density at radius 2 is 2.00 bits per heavy atom. The molecule has 37 heavy (non-hydrogen) atoms. The van der Waals surface area contributed by atoms with Gasteiger partial charge >= 0.3 is 0 Å². The van der Waals surface area contributed by atoms with Crippen LogP contribution in [0.25, 0.3) is 11.1 Å². The van der Waals surface area contributed by atoms with Crippen LogP contribution in [0.2, 0.25) is 5.02 Å². The molecular weight excluding hydrogens is 574 g/mol. The molecule has 1 saturated heterocycles. The summed E-state index contributed by atoms with van der Waals surface area (Å²) in [5, 5.41) is 20.4. The van der Waals surface area contributed by atoms with E-state index in [1.807, 2.05) is 50.2 Å². The maximum atomic E-state index is 13.5. The first-order chi connectivity index (χ1) is 17.7. The number of likely N-dealkylation sites (tertiary alicyclic amines) is 1. The van der Waals surface area contributed by atoms with Crippen molar-refractivity contribution < 1.29 is 9.90 Å². The number of carbonyl (C=O) groups excluding carboxylic acids is 1. The summed E-state index contributed by atoms with van der Waals surface area (Å²) in [6, 6.07) is 13.7. The number of carbonyl (C=O) groups is 1. The minimum absolute atomic E-state index is 0.127. The fraction of sp³-hybridized carbons (Fsp3) is 0.333. The van der Waals surface area contributed by atoms with Crippen molar-refractivity contribution in [3.63, 3.8) is 0 Å². The zero-order chi connectivity index (χ0) is 26.2. The van der Waals surface area contributed by atoms with Gasteiger partial charge in [0, 0.05) is 18.0 Å². The molecule has 1 fully saturated rings. The van der Waals surface area contributed by atoms with Crippen LogP contribution in [0, 0.1) is 13.8 Å². The number of hydrogen-bond acceptors (Lipinski definition) is 6. The Bertz CT molecular complexity index is 1450. The Kier molecular flexibility index (Phi) is 7.49. The van der Waals surface area contributed by atoms with Crippen molar-refractivity contribution in [1.82, 2.24) is 24.9 Å². The summed E-state index contributed by atoms with van der Waals surface area (Å²) in [4.78, 5) is 20.9. The van der Waals surface area contributed by atoms with Crippen molar-refractivity contribution in [2.75, 3.05) is 13.1 Å². The average molecular weight is 601 g/mol. The molecule has 1 atom stereocenters. The van der Waals surface area contributed by atoms with Crippen LogP contribution >= 0.6 is 38.9 Å². The second kappa shape index (κ2) is 10.6. The number of rotatable bonds is 5. The summed E-state index contributed by atoms with van der Waals surface area (Å²) in [6.45, 7) is 5.48. The van der Waals surface area contributed by atoms with E-state index in [1.54, 1.807) is 33.2 Å². The Labute approximate surface area is 233 Å². The summed E-state index contributed by atoms with van der Waals surface area (Å²) in [5.74, 6) is -0.127. The molecule has 10 heteroatoms. The highest BCUT2D eigenvalue weighted by molar-refractivity contribution is 9.11. The van der Waals surface area contributed by atoms with E-state index in [-0.39, 0.29) is 5.91 Å². The lowest BCUT2D eigenvalue weighted by Crippen LogP contribution is -2.34. The Balaban J connectivity index is 1.32. The van der Waals surface area contributed by atoms with Gasteiger partial charge in [-0.25, -0.2) is 9.67 Å². The molecule has 5 rings (SSSR count). The predicted octanol–water partition coefficient (Wildman–Crippen LogP) is 6.00. The molecule has 0 aliphatic carbocycles. The molecular formula is C27H27BrClN5O2S. The minimum atomic E-state index is -1.15. The van der Waals surface area contributed by atoms with Crippen LogP contribution in [-0.4, -0.2) is 49.0 Å². The lowest BCUT2D eigenvalue weighted by molar-refractivity contribution is 0.0169. The summed E-state index contributed by atoms with van der Waals surface area (Å²) in [7, 11) is 0. The molecule has 0 radical (unpaired) electrons. The summed E-state index contributed by atoms with van der Waals surface area (Å²) >= 11 is 11.5. The summed E-state index contributed by atoms with van der Waals surface area (Å²) < 4.78 is 2.53. The first-order valence-electron chi connectivity index (χ1n) is 12.1. The van der Waals surface area contributed by atoms with Crippen molar-refractivity contribution in [3.8, 4) is 11.1 Å². The molecule has 1 aliphatic rings. The van der Waals surface area contributed by atoms with Crippen LogP contribution in [0.15, 0.2) is 52.6 Å². The van der Waals surface area contributed by atoms with E-state index in [9.17, 15) is 9.90 Å². The average Bonchev–Trinajstić information content (AvgIpc) is 3.41. The molecule has 4 aromatic rings. The van der Waals surface area contributed by atoms with E-state index < -0.39 is 5.60 Å². The largest absolute Gasteiger partial charge is 0.383 e. The first-order valence-corrected chi connectivity index (χ1v) is 14.1. The number of halogens is 2. The Morgan fingerprint density at radius 1 is 1.19 bits per heavy atom. The van der Waals surface area contributed by atoms with Crippen LogP contribution in [0.5, 0.6) is 0 Å². The highest BCUT2D eigenvalue weighted by Gasteiger charge is 2.36. The molecule has 0 spiro atoms. The number of thiazole rings is 1. The van der Waals surface area contributed by atoms with Crippen molar-refractivity contribution >= 4 is 44.8 Å². The van der Waals surface area contributed by atoms with E-state index >= 15 is 0 Å². The quantitative estimate of drug-likeness (QED) is 0.304. The third-order valence-electron chi connectivity index (χ3n) is 6.95. The number of hydrogen-bond donors (Lipinski definition) is 1. The predicted molar refractivity (Wildman–Crippen MR) is 149 cm³/mol. The highest BCUT2D eigenvalue weighted by Crippen LogP contribution is 2.34. The van der Waals surface area contributed by atoms with Crippen LogP contribution in [0.3, 0.4) is 0 Å². The molecule has 3 heterocycles. The Morgan fingerprint density at radius 3 is 2.76 bits per heavy atom. The lowest BCUT2D eigenvalue weighted by Gasteiger charge is -2.25. The number of nitrogens with zero attached hydrogens (tertiary/aromatic N) is 5. The maximum absolute atomic E-state index is 13.5. The molecule has 1 N–H and O–H groups in total. The highest BCUT2D eigenvalue weighted by atomic mass is 79.9.